The maximum Gasteiger partial charge on any atom is 0.338 e. The Morgan fingerprint density at radius 2 is 2.19 bits per heavy atom. The van der Waals surface area contributed by atoms with Crippen molar-refractivity contribution in [2.24, 2.45) is 5.73 Å². The average molecular weight is 221 g/mol. The van der Waals surface area contributed by atoms with Crippen molar-refractivity contribution in [2.45, 2.75) is 32.6 Å². The zero-order valence-electron chi connectivity index (χ0n) is 9.36. The van der Waals surface area contributed by atoms with Gasteiger partial charge in [0.1, 0.15) is 6.61 Å². The van der Waals surface area contributed by atoms with Gasteiger partial charge in [0.25, 0.3) is 0 Å². The van der Waals surface area contributed by atoms with Crippen LogP contribution >= 0.6 is 0 Å². The molecule has 2 atom stereocenters. The number of carbonyl (C=O) groups is 1. The summed E-state index contributed by atoms with van der Waals surface area (Å²) in [7, 11) is 0. The van der Waals surface area contributed by atoms with E-state index in [9.17, 15) is 9.90 Å². The molecular weight excluding hydrogens is 206 g/mol. The average Bonchev–Trinajstić information content (AvgIpc) is 2.61. The van der Waals surface area contributed by atoms with Crippen molar-refractivity contribution in [3.63, 3.8) is 0 Å². The number of aliphatic hydroxyl groups excluding tert-OH is 1. The Kier molecular flexibility index (Phi) is 2.69. The SMILES string of the molecule is Cc1c(C(O)C(C)N)ccc2c1COC2=O. The molecular formula is C12H15NO3. The molecule has 0 aliphatic carbocycles. The zero-order valence-corrected chi connectivity index (χ0v) is 9.36. The van der Waals surface area contributed by atoms with Gasteiger partial charge in [-0.25, -0.2) is 4.79 Å². The number of fused-ring (bicyclic) bond motifs is 1. The molecule has 4 heteroatoms. The smallest absolute Gasteiger partial charge is 0.338 e. The van der Waals surface area contributed by atoms with Gasteiger partial charge in [-0.2, -0.15) is 0 Å². The summed E-state index contributed by atoms with van der Waals surface area (Å²) in [5, 5.41) is 9.93. The predicted octanol–water partition coefficient (Wildman–Crippen LogP) is 1.05. The third kappa shape index (κ3) is 1.60. The van der Waals surface area contributed by atoms with Crippen LogP contribution in [-0.2, 0) is 11.3 Å². The second-order valence-corrected chi connectivity index (χ2v) is 4.19. The van der Waals surface area contributed by atoms with Crippen molar-refractivity contribution >= 4 is 5.97 Å². The molecule has 0 amide bonds. The van der Waals surface area contributed by atoms with Gasteiger partial charge in [0.2, 0.25) is 0 Å². The standard InChI is InChI=1S/C12H15NO3/c1-6-8(11(14)7(2)13)3-4-9-10(6)5-16-12(9)15/h3-4,7,11,14H,5,13H2,1-2H3. The number of nitrogens with two attached hydrogens (primary N) is 1. The molecule has 0 spiro atoms. The molecule has 86 valence electrons. The number of rotatable bonds is 2. The van der Waals surface area contributed by atoms with E-state index < -0.39 is 6.10 Å². The van der Waals surface area contributed by atoms with E-state index >= 15 is 0 Å². The van der Waals surface area contributed by atoms with Crippen molar-refractivity contribution in [2.75, 3.05) is 0 Å². The lowest BCUT2D eigenvalue weighted by Crippen LogP contribution is -2.25. The van der Waals surface area contributed by atoms with Crippen molar-refractivity contribution in [3.8, 4) is 0 Å². The van der Waals surface area contributed by atoms with Gasteiger partial charge in [-0.15, -0.1) is 0 Å². The molecule has 0 aromatic heterocycles. The largest absolute Gasteiger partial charge is 0.457 e. The summed E-state index contributed by atoms with van der Waals surface area (Å²) in [4.78, 5) is 11.3. The highest BCUT2D eigenvalue weighted by Crippen LogP contribution is 2.29. The highest BCUT2D eigenvalue weighted by atomic mass is 16.5. The first-order chi connectivity index (χ1) is 7.52. The molecule has 3 N–H and O–H groups in total. The Hall–Kier alpha value is -1.39. The fourth-order valence-electron chi connectivity index (χ4n) is 1.97. The van der Waals surface area contributed by atoms with Crippen LogP contribution in [0.1, 0.15) is 40.1 Å². The number of aliphatic hydroxyl groups is 1. The summed E-state index contributed by atoms with van der Waals surface area (Å²) in [6, 6.07) is 3.10. The monoisotopic (exact) mass is 221 g/mol. The van der Waals surface area contributed by atoms with Crippen LogP contribution in [0.5, 0.6) is 0 Å². The summed E-state index contributed by atoms with van der Waals surface area (Å²) in [5.41, 5.74) is 8.79. The van der Waals surface area contributed by atoms with Crippen molar-refractivity contribution in [1.29, 1.82) is 0 Å². The summed E-state index contributed by atoms with van der Waals surface area (Å²) >= 11 is 0. The van der Waals surface area contributed by atoms with Gasteiger partial charge in [-0.3, -0.25) is 0 Å². The highest BCUT2D eigenvalue weighted by molar-refractivity contribution is 5.93. The van der Waals surface area contributed by atoms with E-state index in [-0.39, 0.29) is 12.0 Å². The Morgan fingerprint density at radius 1 is 1.50 bits per heavy atom. The normalized spacial score (nSPS) is 17.9. The molecule has 0 saturated carbocycles. The van der Waals surface area contributed by atoms with Crippen molar-refractivity contribution in [1.82, 2.24) is 0 Å². The molecule has 1 aromatic rings. The molecule has 1 aliphatic rings. The Labute approximate surface area is 94.0 Å². The number of esters is 1. The van der Waals surface area contributed by atoms with Gasteiger partial charge in [-0.1, -0.05) is 6.07 Å². The second kappa shape index (κ2) is 3.88. The predicted molar refractivity (Wildman–Crippen MR) is 58.9 cm³/mol. The van der Waals surface area contributed by atoms with E-state index in [0.29, 0.717) is 12.2 Å². The first-order valence-electron chi connectivity index (χ1n) is 5.25. The molecule has 1 aromatic carbocycles. The minimum absolute atomic E-state index is 0.291. The molecule has 1 heterocycles. The van der Waals surface area contributed by atoms with E-state index in [1.807, 2.05) is 6.92 Å². The molecule has 0 saturated heterocycles. The fraction of sp³-hybridized carbons (Fsp3) is 0.417. The number of cyclic esters (lactones) is 1. The summed E-state index contributed by atoms with van der Waals surface area (Å²) in [6.45, 7) is 3.92. The molecule has 4 nitrogen and oxygen atoms in total. The third-order valence-electron chi connectivity index (χ3n) is 3.02. The van der Waals surface area contributed by atoms with Gasteiger partial charge in [0.05, 0.1) is 11.7 Å². The van der Waals surface area contributed by atoms with Gasteiger partial charge in [0, 0.05) is 11.6 Å². The Balaban J connectivity index is 2.48. The van der Waals surface area contributed by atoms with Gasteiger partial charge >= 0.3 is 5.97 Å². The van der Waals surface area contributed by atoms with Gasteiger partial charge < -0.3 is 15.6 Å². The van der Waals surface area contributed by atoms with Crippen molar-refractivity contribution < 1.29 is 14.6 Å². The van der Waals surface area contributed by atoms with Crippen LogP contribution < -0.4 is 5.73 Å². The lowest BCUT2D eigenvalue weighted by Gasteiger charge is -2.18. The summed E-state index contributed by atoms with van der Waals surface area (Å²) < 4.78 is 4.95. The molecule has 0 fully saturated rings. The third-order valence-corrected chi connectivity index (χ3v) is 3.02. The number of carbonyl (C=O) groups excluding carboxylic acids is 1. The molecule has 2 rings (SSSR count). The first kappa shape index (κ1) is 11.1. The maximum absolute atomic E-state index is 11.3. The minimum Gasteiger partial charge on any atom is -0.457 e. The van der Waals surface area contributed by atoms with Crippen LogP contribution in [0.25, 0.3) is 0 Å². The number of ether oxygens (including phenoxy) is 1. The van der Waals surface area contributed by atoms with E-state index in [2.05, 4.69) is 0 Å². The van der Waals surface area contributed by atoms with Crippen LogP contribution in [-0.4, -0.2) is 17.1 Å². The second-order valence-electron chi connectivity index (χ2n) is 4.19. The Bertz CT molecular complexity index is 440. The topological polar surface area (TPSA) is 72.6 Å². The molecule has 0 radical (unpaired) electrons. The molecule has 16 heavy (non-hydrogen) atoms. The van der Waals surface area contributed by atoms with Gasteiger partial charge in [0.15, 0.2) is 0 Å². The van der Waals surface area contributed by atoms with E-state index in [1.54, 1.807) is 19.1 Å². The summed E-state index contributed by atoms with van der Waals surface area (Å²) in [6.07, 6.45) is -0.707. The van der Waals surface area contributed by atoms with Crippen LogP contribution in [0.15, 0.2) is 12.1 Å². The summed E-state index contributed by atoms with van der Waals surface area (Å²) in [5.74, 6) is -0.292. The van der Waals surface area contributed by atoms with Crippen LogP contribution in [0.2, 0.25) is 0 Å². The van der Waals surface area contributed by atoms with Crippen LogP contribution in [0, 0.1) is 6.92 Å². The minimum atomic E-state index is -0.707. The maximum atomic E-state index is 11.3. The van der Waals surface area contributed by atoms with E-state index in [1.165, 1.54) is 0 Å². The van der Waals surface area contributed by atoms with Crippen molar-refractivity contribution in [3.05, 3.63) is 34.4 Å². The highest BCUT2D eigenvalue weighted by Gasteiger charge is 2.26. The van der Waals surface area contributed by atoms with Crippen LogP contribution in [0.4, 0.5) is 0 Å². The Morgan fingerprint density at radius 3 is 2.81 bits per heavy atom. The number of benzene rings is 1. The quantitative estimate of drug-likeness (QED) is 0.732. The molecule has 2 unspecified atom stereocenters. The lowest BCUT2D eigenvalue weighted by molar-refractivity contribution is 0.0535. The van der Waals surface area contributed by atoms with E-state index in [0.717, 1.165) is 16.7 Å². The zero-order chi connectivity index (χ0) is 11.9. The lowest BCUT2D eigenvalue weighted by atomic mass is 9.93. The number of hydrogen-bond acceptors (Lipinski definition) is 4. The first-order valence-corrected chi connectivity index (χ1v) is 5.25. The molecule has 1 aliphatic heterocycles. The fourth-order valence-corrected chi connectivity index (χ4v) is 1.97. The van der Waals surface area contributed by atoms with Gasteiger partial charge in [-0.05, 0) is 31.0 Å². The molecule has 0 bridgehead atoms. The van der Waals surface area contributed by atoms with Crippen LogP contribution in [0.3, 0.4) is 0 Å². The number of hydrogen-bond donors (Lipinski definition) is 2. The van der Waals surface area contributed by atoms with E-state index in [4.69, 9.17) is 10.5 Å².